The van der Waals surface area contributed by atoms with Crippen LogP contribution < -0.4 is 4.90 Å². The number of benzene rings is 1. The average molecular weight is 386 g/mol. The van der Waals surface area contributed by atoms with E-state index < -0.39 is 9.84 Å². The summed E-state index contributed by atoms with van der Waals surface area (Å²) in [5, 5.41) is 4.77. The van der Waals surface area contributed by atoms with Gasteiger partial charge in [-0.05, 0) is 38.1 Å². The number of imidazole rings is 1. The van der Waals surface area contributed by atoms with Crippen molar-refractivity contribution in [1.29, 1.82) is 0 Å². The van der Waals surface area contributed by atoms with Crippen molar-refractivity contribution >= 4 is 21.3 Å². The maximum Gasteiger partial charge on any atom is 0.175 e. The molecular weight excluding hydrogens is 364 g/mol. The maximum absolute atomic E-state index is 11.9. The van der Waals surface area contributed by atoms with E-state index in [0.29, 0.717) is 5.65 Å². The van der Waals surface area contributed by atoms with E-state index in [1.807, 2.05) is 18.2 Å². The lowest BCUT2D eigenvalue weighted by molar-refractivity contribution is -0.00551. The van der Waals surface area contributed by atoms with Crippen LogP contribution in [0.3, 0.4) is 0 Å². The molecule has 1 aliphatic rings. The van der Waals surface area contributed by atoms with Gasteiger partial charge in [0.25, 0.3) is 0 Å². The molecule has 4 rings (SSSR count). The quantitative estimate of drug-likeness (QED) is 0.688. The third-order valence-corrected chi connectivity index (χ3v) is 5.76. The lowest BCUT2D eigenvalue weighted by Crippen LogP contribution is -2.46. The highest BCUT2D eigenvalue weighted by molar-refractivity contribution is 7.90. The summed E-state index contributed by atoms with van der Waals surface area (Å²) in [6.45, 7) is 5.66. The number of hydrogen-bond acceptors (Lipinski definition) is 6. The minimum atomic E-state index is -3.28. The van der Waals surface area contributed by atoms with Gasteiger partial charge in [-0.25, -0.2) is 17.9 Å². The molecule has 2 aromatic heterocycles. The second-order valence-corrected chi connectivity index (χ2v) is 9.08. The summed E-state index contributed by atoms with van der Waals surface area (Å²) in [4.78, 5) is 6.89. The van der Waals surface area contributed by atoms with Crippen LogP contribution >= 0.6 is 0 Å². The van der Waals surface area contributed by atoms with Crippen LogP contribution in [0.25, 0.3) is 16.9 Å². The highest BCUT2D eigenvalue weighted by atomic mass is 32.2. The molecule has 2 atom stereocenters. The number of fused-ring (bicyclic) bond motifs is 1. The summed E-state index contributed by atoms with van der Waals surface area (Å²) in [5.74, 6) is 0.850. The molecule has 0 radical (unpaired) electrons. The second-order valence-electron chi connectivity index (χ2n) is 7.07. The summed E-state index contributed by atoms with van der Waals surface area (Å²) >= 11 is 0. The van der Waals surface area contributed by atoms with Crippen LogP contribution in [0.4, 0.5) is 5.82 Å². The van der Waals surface area contributed by atoms with E-state index >= 15 is 0 Å². The van der Waals surface area contributed by atoms with Crippen LogP contribution in [0.1, 0.15) is 13.8 Å². The molecule has 1 aromatic carbocycles. The first-order valence-corrected chi connectivity index (χ1v) is 10.8. The van der Waals surface area contributed by atoms with Crippen molar-refractivity contribution < 1.29 is 13.2 Å². The third-order valence-electron chi connectivity index (χ3n) is 4.65. The molecule has 1 fully saturated rings. The van der Waals surface area contributed by atoms with Crippen LogP contribution in [0.5, 0.6) is 0 Å². The van der Waals surface area contributed by atoms with Gasteiger partial charge in [-0.15, -0.1) is 5.10 Å². The van der Waals surface area contributed by atoms with Crippen LogP contribution in [-0.4, -0.2) is 54.6 Å². The van der Waals surface area contributed by atoms with Gasteiger partial charge in [0, 0.05) is 24.9 Å². The van der Waals surface area contributed by atoms with Gasteiger partial charge >= 0.3 is 0 Å². The van der Waals surface area contributed by atoms with Crippen LogP contribution in [0.15, 0.2) is 47.5 Å². The summed E-state index contributed by atoms with van der Waals surface area (Å²) in [6, 6.07) is 10.7. The molecule has 0 bridgehead atoms. The predicted octanol–water partition coefficient (Wildman–Crippen LogP) is 2.41. The van der Waals surface area contributed by atoms with Gasteiger partial charge in [-0.2, -0.15) is 0 Å². The Morgan fingerprint density at radius 2 is 1.85 bits per heavy atom. The molecule has 3 aromatic rings. The molecule has 0 unspecified atom stereocenters. The standard InChI is InChI=1S/C19H22N4O3S/c1-13-11-22(12-14(2)26-13)19-8-7-18-20-10-17(23(18)21-19)15-5-4-6-16(9-15)27(3,24)25/h4-10,13-14H,11-12H2,1-3H3/t13-,14+. The smallest absolute Gasteiger partial charge is 0.175 e. The Bertz CT molecular complexity index is 1080. The molecule has 0 spiro atoms. The number of sulfone groups is 1. The van der Waals surface area contributed by atoms with Gasteiger partial charge in [0.15, 0.2) is 15.5 Å². The zero-order valence-corrected chi connectivity index (χ0v) is 16.3. The van der Waals surface area contributed by atoms with Gasteiger partial charge in [-0.1, -0.05) is 12.1 Å². The van der Waals surface area contributed by atoms with Gasteiger partial charge in [0.1, 0.15) is 5.82 Å². The number of rotatable bonds is 3. The van der Waals surface area contributed by atoms with E-state index in [4.69, 9.17) is 9.84 Å². The lowest BCUT2D eigenvalue weighted by Gasteiger charge is -2.35. The molecule has 27 heavy (non-hydrogen) atoms. The molecule has 3 heterocycles. The van der Waals surface area contributed by atoms with Crippen molar-refractivity contribution in [1.82, 2.24) is 14.6 Å². The van der Waals surface area contributed by atoms with Crippen molar-refractivity contribution in [3.05, 3.63) is 42.6 Å². The zero-order valence-electron chi connectivity index (χ0n) is 15.5. The first kappa shape index (κ1) is 17.9. The summed E-state index contributed by atoms with van der Waals surface area (Å²) in [7, 11) is -3.28. The van der Waals surface area contributed by atoms with Gasteiger partial charge in [0.2, 0.25) is 0 Å². The van der Waals surface area contributed by atoms with E-state index in [-0.39, 0.29) is 17.1 Å². The Balaban J connectivity index is 1.77. The summed E-state index contributed by atoms with van der Waals surface area (Å²) in [5.41, 5.74) is 2.23. The van der Waals surface area contributed by atoms with Gasteiger partial charge in [-0.3, -0.25) is 0 Å². The van der Waals surface area contributed by atoms with Crippen LogP contribution in [0.2, 0.25) is 0 Å². The highest BCUT2D eigenvalue weighted by Gasteiger charge is 2.24. The Hall–Kier alpha value is -2.45. The fourth-order valence-corrected chi connectivity index (χ4v) is 4.15. The predicted molar refractivity (Wildman–Crippen MR) is 104 cm³/mol. The fraction of sp³-hybridized carbons (Fsp3) is 0.368. The topological polar surface area (TPSA) is 76.8 Å². The van der Waals surface area contributed by atoms with Crippen molar-refractivity contribution in [3.8, 4) is 11.3 Å². The number of anilines is 1. The summed E-state index contributed by atoms with van der Waals surface area (Å²) < 4.78 is 31.3. The second kappa shape index (κ2) is 6.61. The number of hydrogen-bond donors (Lipinski definition) is 0. The molecule has 0 aliphatic carbocycles. The van der Waals surface area contributed by atoms with Crippen LogP contribution in [-0.2, 0) is 14.6 Å². The first-order valence-electron chi connectivity index (χ1n) is 8.87. The van der Waals surface area contributed by atoms with E-state index in [1.165, 1.54) is 6.26 Å². The zero-order chi connectivity index (χ0) is 19.2. The minimum absolute atomic E-state index is 0.139. The number of morpholine rings is 1. The van der Waals surface area contributed by atoms with Crippen molar-refractivity contribution in [2.75, 3.05) is 24.2 Å². The molecule has 0 N–H and O–H groups in total. The largest absolute Gasteiger partial charge is 0.372 e. The monoisotopic (exact) mass is 386 g/mol. The number of nitrogens with zero attached hydrogens (tertiary/aromatic N) is 4. The van der Waals surface area contributed by atoms with Crippen molar-refractivity contribution in [2.45, 2.75) is 31.0 Å². The average Bonchev–Trinajstić information content (AvgIpc) is 3.03. The molecule has 7 nitrogen and oxygen atoms in total. The van der Waals surface area contributed by atoms with E-state index in [9.17, 15) is 8.42 Å². The Labute approximate surface area is 158 Å². The van der Waals surface area contributed by atoms with Crippen LogP contribution in [0, 0.1) is 0 Å². The maximum atomic E-state index is 11.9. The Kier molecular flexibility index (Phi) is 4.39. The molecule has 0 amide bonds. The van der Waals surface area contributed by atoms with E-state index in [1.54, 1.807) is 28.9 Å². The van der Waals surface area contributed by atoms with Crippen molar-refractivity contribution in [2.24, 2.45) is 0 Å². The third kappa shape index (κ3) is 3.54. The Morgan fingerprint density at radius 3 is 2.56 bits per heavy atom. The lowest BCUT2D eigenvalue weighted by atomic mass is 10.2. The van der Waals surface area contributed by atoms with Gasteiger partial charge in [0.05, 0.1) is 29.0 Å². The molecule has 1 aliphatic heterocycles. The van der Waals surface area contributed by atoms with E-state index in [0.717, 1.165) is 30.2 Å². The Morgan fingerprint density at radius 1 is 1.11 bits per heavy atom. The SMILES string of the molecule is C[C@@H]1CN(c2ccc3ncc(-c4cccc(S(C)(=O)=O)c4)n3n2)C[C@H](C)O1. The minimum Gasteiger partial charge on any atom is -0.372 e. The first-order chi connectivity index (χ1) is 12.8. The van der Waals surface area contributed by atoms with Gasteiger partial charge < -0.3 is 9.64 Å². The fourth-order valence-electron chi connectivity index (χ4n) is 3.48. The molecular formula is C19H22N4O3S. The summed E-state index contributed by atoms with van der Waals surface area (Å²) in [6.07, 6.45) is 3.20. The van der Waals surface area contributed by atoms with Crippen molar-refractivity contribution in [3.63, 3.8) is 0 Å². The normalized spacial score (nSPS) is 20.9. The number of aromatic nitrogens is 3. The van der Waals surface area contributed by atoms with E-state index in [2.05, 4.69) is 23.7 Å². The molecule has 8 heteroatoms. The highest BCUT2D eigenvalue weighted by Crippen LogP contribution is 2.25. The number of ether oxygens (including phenoxy) is 1. The molecule has 1 saturated heterocycles. The molecule has 142 valence electrons. The molecule has 0 saturated carbocycles.